The van der Waals surface area contributed by atoms with Crippen LogP contribution in [0, 0.1) is 19.3 Å². The van der Waals surface area contributed by atoms with Gasteiger partial charge in [-0.3, -0.25) is 4.98 Å². The van der Waals surface area contributed by atoms with E-state index in [-0.39, 0.29) is 30.2 Å². The summed E-state index contributed by atoms with van der Waals surface area (Å²) in [6, 6.07) is 8.77. The third-order valence-corrected chi connectivity index (χ3v) is 5.94. The van der Waals surface area contributed by atoms with E-state index in [1.807, 2.05) is 18.7 Å². The summed E-state index contributed by atoms with van der Waals surface area (Å²) in [6.07, 6.45) is 2.65. The number of hydrogen-bond donors (Lipinski definition) is 1. The minimum atomic E-state index is 0. The van der Waals surface area contributed by atoms with Crippen LogP contribution in [0.4, 0.5) is 5.69 Å². The highest BCUT2D eigenvalue weighted by Crippen LogP contribution is 2.39. The Balaban J connectivity index is 0.00000240. The number of rotatable bonds is 6. The largest absolute Gasteiger partial charge is 0.386 e. The van der Waals surface area contributed by atoms with Gasteiger partial charge >= 0.3 is 0 Å². The van der Waals surface area contributed by atoms with Crippen molar-refractivity contribution in [3.05, 3.63) is 53.1 Å². The molecule has 0 unspecified atom stereocenters. The van der Waals surface area contributed by atoms with Gasteiger partial charge in [-0.05, 0) is 36.8 Å². The first-order chi connectivity index (χ1) is 13.7. The fraction of sp³-hybridized carbons (Fsp3) is 0.435. The lowest BCUT2D eigenvalue weighted by molar-refractivity contribution is 0.406. The van der Waals surface area contributed by atoms with Gasteiger partial charge in [0.25, 0.3) is 0 Å². The minimum Gasteiger partial charge on any atom is -0.386 e. The van der Waals surface area contributed by atoms with Crippen molar-refractivity contribution in [3.63, 3.8) is 0 Å². The van der Waals surface area contributed by atoms with E-state index in [2.05, 4.69) is 74.4 Å². The van der Waals surface area contributed by atoms with E-state index >= 15 is 0 Å². The number of pyridine rings is 1. The molecule has 8 heteroatoms. The molecule has 3 rings (SSSR count). The summed E-state index contributed by atoms with van der Waals surface area (Å²) >= 11 is 1.69. The number of nitrogens with zero attached hydrogens (tertiary/aromatic N) is 4. The molecule has 31 heavy (non-hydrogen) atoms. The Morgan fingerprint density at radius 1 is 1.06 bits per heavy atom. The van der Waals surface area contributed by atoms with E-state index in [0.29, 0.717) is 0 Å². The van der Waals surface area contributed by atoms with Gasteiger partial charge in [-0.2, -0.15) is 0 Å². The van der Waals surface area contributed by atoms with Gasteiger partial charge in [-0.25, -0.2) is 0 Å². The number of thioether (sulfide) groups is 1. The Bertz CT molecular complexity index is 994. The molecule has 3 aromatic rings. The second kappa shape index (κ2) is 11.2. The molecular weight excluding hydrogens is 449 g/mol. The first-order valence-corrected chi connectivity index (χ1v) is 10.9. The predicted molar refractivity (Wildman–Crippen MR) is 137 cm³/mol. The highest BCUT2D eigenvalue weighted by atomic mass is 35.5. The molecule has 2 heterocycles. The summed E-state index contributed by atoms with van der Waals surface area (Å²) < 4.78 is 1.95. The zero-order valence-corrected chi connectivity index (χ0v) is 21.8. The number of nitrogens with one attached hydrogen (secondary N) is 1. The van der Waals surface area contributed by atoms with Crippen LogP contribution in [0.2, 0.25) is 0 Å². The molecule has 1 N–H and O–H groups in total. The topological polar surface area (TPSA) is 55.6 Å². The van der Waals surface area contributed by atoms with Crippen molar-refractivity contribution in [3.8, 4) is 11.1 Å². The van der Waals surface area contributed by atoms with E-state index in [1.165, 1.54) is 22.3 Å². The molecule has 0 bridgehead atoms. The highest BCUT2D eigenvalue weighted by Gasteiger charge is 2.22. The van der Waals surface area contributed by atoms with E-state index < -0.39 is 0 Å². The van der Waals surface area contributed by atoms with Crippen molar-refractivity contribution in [2.24, 2.45) is 12.5 Å². The number of halogens is 2. The minimum absolute atomic E-state index is 0. The van der Waals surface area contributed by atoms with E-state index in [4.69, 9.17) is 4.98 Å². The average molecular weight is 483 g/mol. The molecule has 0 fully saturated rings. The molecule has 0 aliphatic carbocycles. The lowest BCUT2D eigenvalue weighted by Crippen LogP contribution is -2.15. The summed E-state index contributed by atoms with van der Waals surface area (Å²) in [6.45, 7) is 11.0. The molecule has 2 aromatic heterocycles. The quantitative estimate of drug-likeness (QED) is 0.420. The van der Waals surface area contributed by atoms with Gasteiger partial charge in [0.15, 0.2) is 5.16 Å². The molecular formula is C23H33Cl2N5S. The molecule has 0 saturated carbocycles. The standard InChI is InChI=1S/C23H31N5S.2ClH/c1-15-8-10-17(11-9-15)20-18(13-29-22-27-25-14-28(22)7)16(2)26-19(21(20)24-6)12-23(3,4)5;;/h8-11,14,24H,12-13H2,1-7H3;2*1H. The van der Waals surface area contributed by atoms with Gasteiger partial charge in [0, 0.05) is 31.1 Å². The monoisotopic (exact) mass is 481 g/mol. The molecule has 170 valence electrons. The summed E-state index contributed by atoms with van der Waals surface area (Å²) in [5.74, 6) is 0.791. The fourth-order valence-electron chi connectivity index (χ4n) is 3.46. The second-order valence-electron chi connectivity index (χ2n) is 8.74. The van der Waals surface area contributed by atoms with Crippen molar-refractivity contribution in [2.45, 2.75) is 51.9 Å². The normalized spacial score (nSPS) is 10.9. The second-order valence-corrected chi connectivity index (χ2v) is 9.68. The Morgan fingerprint density at radius 3 is 2.23 bits per heavy atom. The molecule has 5 nitrogen and oxygen atoms in total. The number of aromatic nitrogens is 4. The number of benzene rings is 1. The van der Waals surface area contributed by atoms with Crippen LogP contribution in [0.1, 0.15) is 43.3 Å². The van der Waals surface area contributed by atoms with Crippen molar-refractivity contribution >= 4 is 42.3 Å². The van der Waals surface area contributed by atoms with Gasteiger partial charge in [-0.15, -0.1) is 35.0 Å². The number of hydrogen-bond acceptors (Lipinski definition) is 5. The molecule has 0 aliphatic rings. The van der Waals surface area contributed by atoms with Crippen molar-refractivity contribution in [1.82, 2.24) is 19.7 Å². The van der Waals surface area contributed by atoms with Gasteiger partial charge in [0.1, 0.15) is 6.33 Å². The van der Waals surface area contributed by atoms with Gasteiger partial charge < -0.3 is 9.88 Å². The van der Waals surface area contributed by atoms with Crippen LogP contribution in [-0.4, -0.2) is 26.8 Å². The highest BCUT2D eigenvalue weighted by molar-refractivity contribution is 7.98. The van der Waals surface area contributed by atoms with Crippen molar-refractivity contribution in [2.75, 3.05) is 12.4 Å². The van der Waals surface area contributed by atoms with Gasteiger partial charge in [0.05, 0.1) is 11.4 Å². The van der Waals surface area contributed by atoms with Gasteiger partial charge in [0.2, 0.25) is 0 Å². The van der Waals surface area contributed by atoms with Crippen molar-refractivity contribution < 1.29 is 0 Å². The first kappa shape index (κ1) is 27.3. The van der Waals surface area contributed by atoms with E-state index in [1.54, 1.807) is 18.1 Å². The number of aryl methyl sites for hydroxylation is 3. The summed E-state index contributed by atoms with van der Waals surface area (Å²) in [4.78, 5) is 5.04. The molecule has 0 radical (unpaired) electrons. The van der Waals surface area contributed by atoms with Crippen LogP contribution >= 0.6 is 36.6 Å². The smallest absolute Gasteiger partial charge is 0.191 e. The average Bonchev–Trinajstić information content (AvgIpc) is 3.05. The SMILES string of the molecule is CNc1c(CC(C)(C)C)nc(C)c(CSc2nncn2C)c1-c1ccc(C)cc1.Cl.Cl. The third-order valence-electron chi connectivity index (χ3n) is 4.88. The zero-order chi connectivity index (χ0) is 21.2. The molecule has 0 atom stereocenters. The molecule has 0 saturated heterocycles. The van der Waals surface area contributed by atoms with Crippen LogP contribution in [0.15, 0.2) is 35.7 Å². The Labute approximate surface area is 202 Å². The summed E-state index contributed by atoms with van der Waals surface area (Å²) in [5.41, 5.74) is 8.45. The van der Waals surface area contributed by atoms with Crippen LogP contribution < -0.4 is 5.32 Å². The third kappa shape index (κ3) is 6.61. The van der Waals surface area contributed by atoms with Crippen LogP contribution in [0.25, 0.3) is 11.1 Å². The predicted octanol–water partition coefficient (Wildman–Crippen LogP) is 6.26. The van der Waals surface area contributed by atoms with Crippen molar-refractivity contribution in [1.29, 1.82) is 0 Å². The van der Waals surface area contributed by atoms with E-state index in [9.17, 15) is 0 Å². The van der Waals surface area contributed by atoms with Gasteiger partial charge in [-0.1, -0.05) is 62.4 Å². The molecule has 0 aliphatic heterocycles. The lowest BCUT2D eigenvalue weighted by Gasteiger charge is -2.24. The lowest BCUT2D eigenvalue weighted by atomic mass is 9.87. The summed E-state index contributed by atoms with van der Waals surface area (Å²) in [5, 5.41) is 12.6. The van der Waals surface area contributed by atoms with Crippen LogP contribution in [0.5, 0.6) is 0 Å². The maximum absolute atomic E-state index is 5.04. The summed E-state index contributed by atoms with van der Waals surface area (Å²) in [7, 11) is 3.97. The molecule has 0 spiro atoms. The molecule has 0 amide bonds. The molecule has 1 aromatic carbocycles. The Morgan fingerprint density at radius 2 is 1.71 bits per heavy atom. The Hall–Kier alpha value is -1.76. The maximum Gasteiger partial charge on any atom is 0.191 e. The van der Waals surface area contributed by atoms with Crippen LogP contribution in [-0.2, 0) is 19.2 Å². The van der Waals surface area contributed by atoms with Crippen LogP contribution in [0.3, 0.4) is 0 Å². The first-order valence-electron chi connectivity index (χ1n) is 9.93. The fourth-order valence-corrected chi connectivity index (χ4v) is 4.44. The number of anilines is 1. The van der Waals surface area contributed by atoms with E-state index in [0.717, 1.165) is 34.4 Å². The zero-order valence-electron chi connectivity index (χ0n) is 19.3. The Kier molecular flexibility index (Phi) is 9.86. The maximum atomic E-state index is 5.04.